The first-order valence-corrected chi connectivity index (χ1v) is 8.14. The summed E-state index contributed by atoms with van der Waals surface area (Å²) in [5.41, 5.74) is 0. The van der Waals surface area contributed by atoms with Crippen molar-refractivity contribution in [2.24, 2.45) is 0 Å². The summed E-state index contributed by atoms with van der Waals surface area (Å²) in [6.07, 6.45) is 3.46. The van der Waals surface area contributed by atoms with E-state index in [2.05, 4.69) is 13.8 Å². The largest absolute Gasteiger partial charge is 0.337 e. The van der Waals surface area contributed by atoms with Crippen molar-refractivity contribution in [2.45, 2.75) is 50.1 Å². The van der Waals surface area contributed by atoms with Crippen LogP contribution in [0.2, 0.25) is 5.02 Å². The lowest BCUT2D eigenvalue weighted by molar-refractivity contribution is -0.134. The zero-order valence-electron chi connectivity index (χ0n) is 11.4. The molecule has 2 nitrogen and oxygen atoms in total. The Labute approximate surface area is 124 Å². The number of carbonyl (C=O) groups excluding carboxylic acids is 1. The monoisotopic (exact) mass is 297 g/mol. The summed E-state index contributed by atoms with van der Waals surface area (Å²) in [6.45, 7) is 4.29. The minimum absolute atomic E-state index is 0.226. The van der Waals surface area contributed by atoms with Gasteiger partial charge in [-0.1, -0.05) is 23.7 Å². The van der Waals surface area contributed by atoms with Gasteiger partial charge in [0.1, 0.15) is 0 Å². The molecule has 2 atom stereocenters. The molecule has 4 heteroatoms. The number of hydrogen-bond donors (Lipinski definition) is 0. The lowest BCUT2D eigenvalue weighted by atomic mass is 9.98. The molecule has 1 heterocycles. The van der Waals surface area contributed by atoms with Gasteiger partial charge in [0.25, 0.3) is 0 Å². The molecule has 1 amide bonds. The second-order valence-corrected chi connectivity index (χ2v) is 6.57. The number of likely N-dealkylation sites (tertiary alicyclic amines) is 1. The third-order valence-electron chi connectivity index (χ3n) is 3.67. The van der Waals surface area contributed by atoms with E-state index in [9.17, 15) is 4.79 Å². The first-order valence-electron chi connectivity index (χ1n) is 6.78. The number of halogens is 1. The summed E-state index contributed by atoms with van der Waals surface area (Å²) in [5, 5.41) is 0.722. The van der Waals surface area contributed by atoms with Gasteiger partial charge in [0.15, 0.2) is 0 Å². The van der Waals surface area contributed by atoms with Gasteiger partial charge in [-0.2, -0.15) is 0 Å². The fourth-order valence-electron chi connectivity index (χ4n) is 2.69. The molecule has 0 spiro atoms. The molecule has 104 valence electrons. The van der Waals surface area contributed by atoms with Crippen molar-refractivity contribution in [3.05, 3.63) is 29.3 Å². The molecule has 1 aromatic carbocycles. The van der Waals surface area contributed by atoms with Crippen LogP contribution < -0.4 is 0 Å². The smallest absolute Gasteiger partial charge is 0.233 e. The third kappa shape index (κ3) is 3.67. The molecule has 1 aromatic rings. The quantitative estimate of drug-likeness (QED) is 0.779. The van der Waals surface area contributed by atoms with Crippen LogP contribution >= 0.6 is 23.4 Å². The maximum Gasteiger partial charge on any atom is 0.233 e. The van der Waals surface area contributed by atoms with E-state index in [0.29, 0.717) is 17.8 Å². The Morgan fingerprint density at radius 3 is 2.58 bits per heavy atom. The molecule has 1 aliphatic rings. The normalized spacial score (nSPS) is 23.4. The molecule has 0 aromatic heterocycles. The molecular weight excluding hydrogens is 278 g/mol. The Balaban J connectivity index is 1.95. The minimum atomic E-state index is 0.226. The number of piperidine rings is 1. The highest BCUT2D eigenvalue weighted by Gasteiger charge is 2.28. The summed E-state index contributed by atoms with van der Waals surface area (Å²) in [5.74, 6) is 0.697. The first-order chi connectivity index (χ1) is 9.09. The van der Waals surface area contributed by atoms with Gasteiger partial charge in [-0.25, -0.2) is 0 Å². The topological polar surface area (TPSA) is 20.3 Å². The van der Waals surface area contributed by atoms with E-state index in [0.717, 1.165) is 22.8 Å². The van der Waals surface area contributed by atoms with Crippen LogP contribution in [0.3, 0.4) is 0 Å². The molecule has 0 aliphatic carbocycles. The van der Waals surface area contributed by atoms with Gasteiger partial charge >= 0.3 is 0 Å². The molecule has 19 heavy (non-hydrogen) atoms. The van der Waals surface area contributed by atoms with Crippen molar-refractivity contribution >= 4 is 29.3 Å². The van der Waals surface area contributed by atoms with Crippen LogP contribution in [0.25, 0.3) is 0 Å². The van der Waals surface area contributed by atoms with Gasteiger partial charge in [-0.15, -0.1) is 11.8 Å². The van der Waals surface area contributed by atoms with E-state index in [4.69, 9.17) is 11.6 Å². The number of hydrogen-bond acceptors (Lipinski definition) is 2. The van der Waals surface area contributed by atoms with E-state index in [1.54, 1.807) is 0 Å². The Morgan fingerprint density at radius 1 is 1.32 bits per heavy atom. The van der Waals surface area contributed by atoms with Crippen LogP contribution in [0.5, 0.6) is 0 Å². The molecule has 2 rings (SSSR count). The molecule has 1 saturated heterocycles. The van der Waals surface area contributed by atoms with Crippen molar-refractivity contribution in [3.8, 4) is 0 Å². The highest BCUT2D eigenvalue weighted by molar-refractivity contribution is 8.00. The molecule has 1 fully saturated rings. The van der Waals surface area contributed by atoms with Crippen molar-refractivity contribution in [1.29, 1.82) is 0 Å². The molecule has 0 N–H and O–H groups in total. The average Bonchev–Trinajstić information content (AvgIpc) is 2.37. The van der Waals surface area contributed by atoms with Crippen LogP contribution in [0, 0.1) is 0 Å². The maximum atomic E-state index is 12.4. The number of carbonyl (C=O) groups is 1. The summed E-state index contributed by atoms with van der Waals surface area (Å²) in [4.78, 5) is 15.4. The van der Waals surface area contributed by atoms with E-state index in [1.807, 2.05) is 29.2 Å². The van der Waals surface area contributed by atoms with Gasteiger partial charge < -0.3 is 4.90 Å². The van der Waals surface area contributed by atoms with Gasteiger partial charge in [0.05, 0.1) is 10.8 Å². The van der Waals surface area contributed by atoms with Crippen LogP contribution in [0.1, 0.15) is 33.1 Å². The van der Waals surface area contributed by atoms with Crippen LogP contribution in [0.15, 0.2) is 29.2 Å². The van der Waals surface area contributed by atoms with Crippen molar-refractivity contribution in [2.75, 3.05) is 5.75 Å². The van der Waals surface area contributed by atoms with Gasteiger partial charge in [-0.3, -0.25) is 4.79 Å². The van der Waals surface area contributed by atoms with E-state index in [1.165, 1.54) is 18.2 Å². The van der Waals surface area contributed by atoms with E-state index in [-0.39, 0.29) is 5.91 Å². The summed E-state index contributed by atoms with van der Waals surface area (Å²) >= 11 is 7.63. The van der Waals surface area contributed by atoms with Crippen molar-refractivity contribution in [1.82, 2.24) is 4.90 Å². The Kier molecular flexibility index (Phi) is 5.17. The van der Waals surface area contributed by atoms with Crippen molar-refractivity contribution in [3.63, 3.8) is 0 Å². The molecule has 1 aliphatic heterocycles. The fourth-order valence-corrected chi connectivity index (χ4v) is 3.80. The zero-order valence-corrected chi connectivity index (χ0v) is 13.0. The number of nitrogens with zero attached hydrogens (tertiary/aromatic N) is 1. The lowest BCUT2D eigenvalue weighted by Gasteiger charge is -2.39. The SMILES string of the molecule is CC1CCCC(C)N1C(=O)CSc1ccccc1Cl. The lowest BCUT2D eigenvalue weighted by Crippen LogP contribution is -2.48. The number of thioether (sulfide) groups is 1. The summed E-state index contributed by atoms with van der Waals surface area (Å²) in [7, 11) is 0. The highest BCUT2D eigenvalue weighted by Crippen LogP contribution is 2.28. The van der Waals surface area contributed by atoms with E-state index < -0.39 is 0 Å². The van der Waals surface area contributed by atoms with Crippen molar-refractivity contribution < 1.29 is 4.79 Å². The Bertz CT molecular complexity index is 442. The molecule has 2 unspecified atom stereocenters. The Morgan fingerprint density at radius 2 is 1.95 bits per heavy atom. The number of benzene rings is 1. The second kappa shape index (κ2) is 6.67. The molecular formula is C15H20ClNOS. The maximum absolute atomic E-state index is 12.4. The van der Waals surface area contributed by atoms with Crippen LogP contribution in [-0.2, 0) is 4.79 Å². The standard InChI is InChI=1S/C15H20ClNOS/c1-11-6-5-7-12(2)17(11)15(18)10-19-14-9-4-3-8-13(14)16/h3-4,8-9,11-12H,5-7,10H2,1-2H3. The van der Waals surface area contributed by atoms with Gasteiger partial charge in [0, 0.05) is 17.0 Å². The Hall–Kier alpha value is -0.670. The van der Waals surface area contributed by atoms with E-state index >= 15 is 0 Å². The second-order valence-electron chi connectivity index (χ2n) is 5.15. The third-order valence-corrected chi connectivity index (χ3v) is 5.17. The minimum Gasteiger partial charge on any atom is -0.337 e. The molecule has 0 bridgehead atoms. The average molecular weight is 298 g/mol. The molecule has 0 saturated carbocycles. The van der Waals surface area contributed by atoms with Gasteiger partial charge in [0.2, 0.25) is 5.91 Å². The fraction of sp³-hybridized carbons (Fsp3) is 0.533. The highest BCUT2D eigenvalue weighted by atomic mass is 35.5. The van der Waals surface area contributed by atoms with Crippen LogP contribution in [-0.4, -0.2) is 28.6 Å². The van der Waals surface area contributed by atoms with Crippen LogP contribution in [0.4, 0.5) is 0 Å². The first kappa shape index (κ1) is 14.7. The number of amides is 1. The summed E-state index contributed by atoms with van der Waals surface area (Å²) in [6, 6.07) is 8.41. The zero-order chi connectivity index (χ0) is 13.8. The number of rotatable bonds is 3. The summed E-state index contributed by atoms with van der Waals surface area (Å²) < 4.78 is 0. The van der Waals surface area contributed by atoms with Gasteiger partial charge in [-0.05, 0) is 45.2 Å². The predicted molar refractivity (Wildman–Crippen MR) is 81.8 cm³/mol. The predicted octanol–water partition coefficient (Wildman–Crippen LogP) is 4.22. The molecule has 0 radical (unpaired) electrons.